The standard InChI is InChI=1S/C21H18F4/c1-2-3-13-4-6-14(7-5-13)15-8-9-17(18(22)10-15)16-11-19(23)21(25)20(24)12-16/h4,6-13H,2-3,5H2,1H3. The van der Waals surface area contributed by atoms with Crippen LogP contribution in [0.4, 0.5) is 17.6 Å². The maximum Gasteiger partial charge on any atom is 0.194 e. The van der Waals surface area contributed by atoms with Gasteiger partial charge in [-0.15, -0.1) is 0 Å². The zero-order valence-corrected chi connectivity index (χ0v) is 13.8. The molecule has 0 heterocycles. The zero-order valence-electron chi connectivity index (χ0n) is 13.8. The summed E-state index contributed by atoms with van der Waals surface area (Å²) in [6, 6.07) is 6.10. The summed E-state index contributed by atoms with van der Waals surface area (Å²) in [6.45, 7) is 2.14. The molecule has 2 aromatic carbocycles. The Bertz CT molecular complexity index is 826. The zero-order chi connectivity index (χ0) is 18.0. The molecule has 2 aromatic rings. The SMILES string of the molecule is CCCC1C=CC(c2ccc(-c3cc(F)c(F)c(F)c3)c(F)c2)=CC1. The summed E-state index contributed by atoms with van der Waals surface area (Å²) in [4.78, 5) is 0. The van der Waals surface area contributed by atoms with Crippen molar-refractivity contribution in [1.29, 1.82) is 0 Å². The van der Waals surface area contributed by atoms with E-state index >= 15 is 0 Å². The van der Waals surface area contributed by atoms with Gasteiger partial charge in [-0.1, -0.05) is 43.7 Å². The number of hydrogen-bond acceptors (Lipinski definition) is 0. The fourth-order valence-electron chi connectivity index (χ4n) is 3.10. The molecule has 1 aliphatic rings. The van der Waals surface area contributed by atoms with E-state index in [1.807, 2.05) is 6.08 Å². The summed E-state index contributed by atoms with van der Waals surface area (Å²) < 4.78 is 54.3. The summed E-state index contributed by atoms with van der Waals surface area (Å²) in [5.41, 5.74) is 1.63. The fraction of sp³-hybridized carbons (Fsp3) is 0.238. The molecule has 130 valence electrons. The van der Waals surface area contributed by atoms with Crippen molar-refractivity contribution < 1.29 is 17.6 Å². The number of hydrogen-bond donors (Lipinski definition) is 0. The van der Waals surface area contributed by atoms with Gasteiger partial charge in [0.1, 0.15) is 5.82 Å². The van der Waals surface area contributed by atoms with Gasteiger partial charge in [-0.05, 0) is 53.7 Å². The average Bonchev–Trinajstić information content (AvgIpc) is 2.60. The van der Waals surface area contributed by atoms with Crippen LogP contribution in [0, 0.1) is 29.2 Å². The molecule has 0 spiro atoms. The third kappa shape index (κ3) is 3.68. The molecule has 1 unspecified atom stereocenters. The molecule has 0 N–H and O–H groups in total. The summed E-state index contributed by atoms with van der Waals surface area (Å²) >= 11 is 0. The molecule has 25 heavy (non-hydrogen) atoms. The quantitative estimate of drug-likeness (QED) is 0.428. The molecule has 0 nitrogen and oxygen atoms in total. The second kappa shape index (κ2) is 7.26. The number of halogens is 4. The highest BCUT2D eigenvalue weighted by Crippen LogP contribution is 2.31. The van der Waals surface area contributed by atoms with Crippen LogP contribution in [0.15, 0.2) is 48.6 Å². The molecule has 0 aliphatic heterocycles. The van der Waals surface area contributed by atoms with Gasteiger partial charge in [-0.3, -0.25) is 0 Å². The number of rotatable bonds is 4. The minimum absolute atomic E-state index is 0.0309. The smallest absolute Gasteiger partial charge is 0.194 e. The summed E-state index contributed by atoms with van der Waals surface area (Å²) in [6.07, 6.45) is 9.34. The molecule has 0 radical (unpaired) electrons. The van der Waals surface area contributed by atoms with Crippen LogP contribution in [0.3, 0.4) is 0 Å². The average molecular weight is 346 g/mol. The van der Waals surface area contributed by atoms with Crippen LogP contribution in [0.1, 0.15) is 31.7 Å². The predicted molar refractivity (Wildman–Crippen MR) is 91.8 cm³/mol. The van der Waals surface area contributed by atoms with E-state index in [9.17, 15) is 17.6 Å². The molecule has 0 saturated carbocycles. The van der Waals surface area contributed by atoms with E-state index in [0.29, 0.717) is 11.5 Å². The van der Waals surface area contributed by atoms with Crippen molar-refractivity contribution in [3.63, 3.8) is 0 Å². The third-order valence-electron chi connectivity index (χ3n) is 4.45. The molecular formula is C21H18F4. The Morgan fingerprint density at radius 3 is 2.16 bits per heavy atom. The monoisotopic (exact) mass is 346 g/mol. The normalized spacial score (nSPS) is 16.8. The molecule has 4 heteroatoms. The molecule has 0 saturated heterocycles. The van der Waals surface area contributed by atoms with E-state index in [-0.39, 0.29) is 11.1 Å². The molecule has 0 fully saturated rings. The van der Waals surface area contributed by atoms with Gasteiger partial charge in [0.25, 0.3) is 0 Å². The minimum atomic E-state index is -1.56. The van der Waals surface area contributed by atoms with Crippen LogP contribution in [0.25, 0.3) is 16.7 Å². The van der Waals surface area contributed by atoms with Crippen molar-refractivity contribution in [2.45, 2.75) is 26.2 Å². The van der Waals surface area contributed by atoms with E-state index in [1.165, 1.54) is 12.1 Å². The largest absolute Gasteiger partial charge is 0.206 e. The van der Waals surface area contributed by atoms with Crippen LogP contribution < -0.4 is 0 Å². The Labute approximate surface area is 144 Å². The lowest BCUT2D eigenvalue weighted by atomic mass is 9.90. The Morgan fingerprint density at radius 2 is 1.60 bits per heavy atom. The Kier molecular flexibility index (Phi) is 5.07. The second-order valence-electron chi connectivity index (χ2n) is 6.25. The van der Waals surface area contributed by atoms with Gasteiger partial charge in [-0.2, -0.15) is 0 Å². The molecule has 0 bridgehead atoms. The molecule has 1 atom stereocenters. The lowest BCUT2D eigenvalue weighted by Crippen LogP contribution is -1.99. The lowest BCUT2D eigenvalue weighted by Gasteiger charge is -2.16. The Balaban J connectivity index is 1.89. The van der Waals surface area contributed by atoms with Gasteiger partial charge in [0.15, 0.2) is 17.5 Å². The van der Waals surface area contributed by atoms with Crippen LogP contribution in [0.5, 0.6) is 0 Å². The topological polar surface area (TPSA) is 0 Å². The van der Waals surface area contributed by atoms with Gasteiger partial charge in [0.05, 0.1) is 0 Å². The van der Waals surface area contributed by atoms with E-state index in [0.717, 1.165) is 37.0 Å². The van der Waals surface area contributed by atoms with Crippen molar-refractivity contribution in [3.8, 4) is 11.1 Å². The molecule has 1 aliphatic carbocycles. The van der Waals surface area contributed by atoms with E-state index < -0.39 is 23.3 Å². The third-order valence-corrected chi connectivity index (χ3v) is 4.45. The van der Waals surface area contributed by atoms with Gasteiger partial charge in [0, 0.05) is 5.56 Å². The van der Waals surface area contributed by atoms with Gasteiger partial charge in [-0.25, -0.2) is 17.6 Å². The first-order valence-corrected chi connectivity index (χ1v) is 8.32. The van der Waals surface area contributed by atoms with Crippen LogP contribution >= 0.6 is 0 Å². The first kappa shape index (κ1) is 17.5. The Hall–Kier alpha value is -2.36. The molecule has 0 aromatic heterocycles. The maximum atomic E-state index is 14.5. The molecular weight excluding hydrogens is 328 g/mol. The van der Waals surface area contributed by atoms with Crippen molar-refractivity contribution >= 4 is 5.57 Å². The van der Waals surface area contributed by atoms with Crippen LogP contribution in [0.2, 0.25) is 0 Å². The highest BCUT2D eigenvalue weighted by Gasteiger charge is 2.15. The van der Waals surface area contributed by atoms with E-state index in [2.05, 4.69) is 19.1 Å². The summed E-state index contributed by atoms with van der Waals surface area (Å²) in [7, 11) is 0. The second-order valence-corrected chi connectivity index (χ2v) is 6.25. The fourth-order valence-corrected chi connectivity index (χ4v) is 3.10. The lowest BCUT2D eigenvalue weighted by molar-refractivity contribution is 0.447. The van der Waals surface area contributed by atoms with Crippen LogP contribution in [-0.4, -0.2) is 0 Å². The molecule has 3 rings (SSSR count). The van der Waals surface area contributed by atoms with E-state index in [4.69, 9.17) is 0 Å². The van der Waals surface area contributed by atoms with Crippen LogP contribution in [-0.2, 0) is 0 Å². The first-order chi connectivity index (χ1) is 12.0. The van der Waals surface area contributed by atoms with Gasteiger partial charge in [0.2, 0.25) is 0 Å². The number of benzene rings is 2. The van der Waals surface area contributed by atoms with Gasteiger partial charge < -0.3 is 0 Å². The summed E-state index contributed by atoms with van der Waals surface area (Å²) in [5.74, 6) is -4.31. The summed E-state index contributed by atoms with van der Waals surface area (Å²) in [5, 5.41) is 0. The van der Waals surface area contributed by atoms with Crippen molar-refractivity contribution in [2.75, 3.05) is 0 Å². The first-order valence-electron chi connectivity index (χ1n) is 8.32. The highest BCUT2D eigenvalue weighted by atomic mass is 19.2. The minimum Gasteiger partial charge on any atom is -0.206 e. The van der Waals surface area contributed by atoms with Gasteiger partial charge >= 0.3 is 0 Å². The maximum absolute atomic E-state index is 14.5. The van der Waals surface area contributed by atoms with Crippen molar-refractivity contribution in [2.24, 2.45) is 5.92 Å². The predicted octanol–water partition coefficient (Wildman–Crippen LogP) is 6.67. The Morgan fingerprint density at radius 1 is 0.920 bits per heavy atom. The highest BCUT2D eigenvalue weighted by molar-refractivity contribution is 5.77. The molecule has 0 amide bonds. The number of allylic oxidation sites excluding steroid dienone is 4. The van der Waals surface area contributed by atoms with Crippen molar-refractivity contribution in [1.82, 2.24) is 0 Å². The van der Waals surface area contributed by atoms with Crippen molar-refractivity contribution in [3.05, 3.63) is 77.4 Å². The van der Waals surface area contributed by atoms with E-state index in [1.54, 1.807) is 6.07 Å².